The fourth-order valence-electron chi connectivity index (χ4n) is 3.88. The van der Waals surface area contributed by atoms with Gasteiger partial charge in [0, 0.05) is 44.2 Å². The van der Waals surface area contributed by atoms with Gasteiger partial charge in [0.2, 0.25) is 5.91 Å². The van der Waals surface area contributed by atoms with Crippen LogP contribution in [0.2, 0.25) is 0 Å². The second-order valence-electron chi connectivity index (χ2n) is 7.19. The van der Waals surface area contributed by atoms with Gasteiger partial charge < -0.3 is 10.6 Å². The maximum atomic E-state index is 12.7. The summed E-state index contributed by atoms with van der Waals surface area (Å²) in [5.74, 6) is 0.507. The van der Waals surface area contributed by atoms with E-state index in [2.05, 4.69) is 47.1 Å². The highest BCUT2D eigenvalue weighted by molar-refractivity contribution is 5.85. The lowest BCUT2D eigenvalue weighted by molar-refractivity contribution is -0.135. The smallest absolute Gasteiger partial charge is 0.225 e. The molecular formula is C19H31Cl2N3O. The first-order chi connectivity index (χ1) is 11.1. The average Bonchev–Trinajstić information content (AvgIpc) is 2.92. The Hall–Kier alpha value is -0.810. The molecule has 0 radical (unpaired) electrons. The molecule has 1 aromatic rings. The lowest BCUT2D eigenvalue weighted by Crippen LogP contribution is -2.39. The van der Waals surface area contributed by atoms with E-state index in [0.29, 0.717) is 11.9 Å². The summed E-state index contributed by atoms with van der Waals surface area (Å²) in [5.41, 5.74) is 7.32. The Morgan fingerprint density at radius 2 is 1.80 bits per heavy atom. The molecule has 0 aromatic heterocycles. The van der Waals surface area contributed by atoms with E-state index in [4.69, 9.17) is 5.73 Å². The molecule has 1 saturated heterocycles. The van der Waals surface area contributed by atoms with Crippen molar-refractivity contribution in [3.8, 4) is 0 Å². The molecule has 3 atom stereocenters. The van der Waals surface area contributed by atoms with Gasteiger partial charge in [-0.1, -0.05) is 30.3 Å². The van der Waals surface area contributed by atoms with Crippen LogP contribution in [0.25, 0.3) is 0 Å². The van der Waals surface area contributed by atoms with Crippen LogP contribution in [0.5, 0.6) is 0 Å². The quantitative estimate of drug-likeness (QED) is 0.866. The Morgan fingerprint density at radius 3 is 2.44 bits per heavy atom. The molecule has 2 fully saturated rings. The van der Waals surface area contributed by atoms with E-state index >= 15 is 0 Å². The third-order valence-corrected chi connectivity index (χ3v) is 5.46. The van der Waals surface area contributed by atoms with Gasteiger partial charge >= 0.3 is 0 Å². The summed E-state index contributed by atoms with van der Waals surface area (Å²) in [6.07, 6.45) is 3.90. The van der Waals surface area contributed by atoms with Crippen LogP contribution in [0.4, 0.5) is 0 Å². The summed E-state index contributed by atoms with van der Waals surface area (Å²) in [6, 6.07) is 11.3. The van der Waals surface area contributed by atoms with E-state index in [1.54, 1.807) is 0 Å². The molecule has 142 valence electrons. The standard InChI is InChI=1S/C19H29N3O.2ClH/c1-15-9-10-21(19(23)17-7-8-18(20)13-17)11-12-22(15)14-16-5-3-2-4-6-16;;/h2-6,15,17-18H,7-14,20H2,1H3;2*1H. The van der Waals surface area contributed by atoms with Gasteiger partial charge in [-0.2, -0.15) is 0 Å². The highest BCUT2D eigenvalue weighted by Gasteiger charge is 2.32. The zero-order valence-electron chi connectivity index (χ0n) is 15.0. The van der Waals surface area contributed by atoms with E-state index < -0.39 is 0 Å². The van der Waals surface area contributed by atoms with Crippen LogP contribution in [-0.2, 0) is 11.3 Å². The Balaban J connectivity index is 0.00000156. The molecule has 3 rings (SSSR count). The van der Waals surface area contributed by atoms with Gasteiger partial charge in [-0.15, -0.1) is 24.8 Å². The third kappa shape index (κ3) is 5.85. The summed E-state index contributed by atoms with van der Waals surface area (Å²) in [4.78, 5) is 17.3. The molecule has 1 heterocycles. The Labute approximate surface area is 163 Å². The van der Waals surface area contributed by atoms with Crippen molar-refractivity contribution in [2.75, 3.05) is 19.6 Å². The van der Waals surface area contributed by atoms with Crippen LogP contribution in [0.3, 0.4) is 0 Å². The van der Waals surface area contributed by atoms with Gasteiger partial charge in [0.05, 0.1) is 0 Å². The molecule has 2 aliphatic rings. The molecule has 1 aliphatic heterocycles. The fourth-order valence-corrected chi connectivity index (χ4v) is 3.88. The van der Waals surface area contributed by atoms with Crippen molar-refractivity contribution in [2.24, 2.45) is 11.7 Å². The van der Waals surface area contributed by atoms with Crippen LogP contribution in [0.1, 0.15) is 38.2 Å². The van der Waals surface area contributed by atoms with Gasteiger partial charge in [0.25, 0.3) is 0 Å². The Kier molecular flexibility index (Phi) is 9.22. The monoisotopic (exact) mass is 387 g/mol. The number of halogens is 2. The predicted octanol–water partition coefficient (Wildman–Crippen LogP) is 3.08. The van der Waals surface area contributed by atoms with Crippen molar-refractivity contribution in [1.82, 2.24) is 9.80 Å². The normalized spacial score (nSPS) is 27.1. The highest BCUT2D eigenvalue weighted by Crippen LogP contribution is 2.27. The number of amides is 1. The van der Waals surface area contributed by atoms with E-state index in [9.17, 15) is 4.79 Å². The van der Waals surface area contributed by atoms with Gasteiger partial charge in [0.1, 0.15) is 0 Å². The Morgan fingerprint density at radius 1 is 1.08 bits per heavy atom. The molecular weight excluding hydrogens is 357 g/mol. The lowest BCUT2D eigenvalue weighted by Gasteiger charge is -2.26. The molecule has 6 heteroatoms. The van der Waals surface area contributed by atoms with E-state index in [-0.39, 0.29) is 36.8 Å². The summed E-state index contributed by atoms with van der Waals surface area (Å²) >= 11 is 0. The highest BCUT2D eigenvalue weighted by atomic mass is 35.5. The first-order valence-electron chi connectivity index (χ1n) is 8.96. The maximum absolute atomic E-state index is 12.7. The molecule has 1 amide bonds. The first kappa shape index (κ1) is 22.2. The van der Waals surface area contributed by atoms with Gasteiger partial charge in [-0.25, -0.2) is 0 Å². The topological polar surface area (TPSA) is 49.6 Å². The summed E-state index contributed by atoms with van der Waals surface area (Å²) < 4.78 is 0. The van der Waals surface area contributed by atoms with Gasteiger partial charge in [-0.3, -0.25) is 9.69 Å². The first-order valence-corrected chi connectivity index (χ1v) is 8.96. The van der Waals surface area contributed by atoms with Crippen molar-refractivity contribution in [1.29, 1.82) is 0 Å². The molecule has 0 spiro atoms. The largest absolute Gasteiger partial charge is 0.341 e. The number of benzene rings is 1. The van der Waals surface area contributed by atoms with Crippen molar-refractivity contribution in [3.05, 3.63) is 35.9 Å². The predicted molar refractivity (Wildman–Crippen MR) is 107 cm³/mol. The number of hydrogen-bond acceptors (Lipinski definition) is 3. The van der Waals surface area contributed by atoms with Crippen molar-refractivity contribution in [3.63, 3.8) is 0 Å². The molecule has 1 saturated carbocycles. The van der Waals surface area contributed by atoms with Crippen LogP contribution < -0.4 is 5.73 Å². The third-order valence-electron chi connectivity index (χ3n) is 5.46. The molecule has 2 N–H and O–H groups in total. The van der Waals surface area contributed by atoms with Crippen LogP contribution in [0, 0.1) is 5.92 Å². The minimum atomic E-state index is 0. The average molecular weight is 388 g/mol. The lowest BCUT2D eigenvalue weighted by atomic mass is 10.1. The number of carbonyl (C=O) groups excluding carboxylic acids is 1. The zero-order valence-corrected chi connectivity index (χ0v) is 16.6. The molecule has 3 unspecified atom stereocenters. The van der Waals surface area contributed by atoms with Crippen molar-refractivity contribution in [2.45, 2.75) is 51.2 Å². The second kappa shape index (κ2) is 10.4. The maximum Gasteiger partial charge on any atom is 0.225 e. The summed E-state index contributed by atoms with van der Waals surface area (Å²) in [5, 5.41) is 0. The summed E-state index contributed by atoms with van der Waals surface area (Å²) in [6.45, 7) is 5.94. The molecule has 1 aromatic carbocycles. The number of hydrogen-bond donors (Lipinski definition) is 1. The zero-order chi connectivity index (χ0) is 16.2. The minimum absolute atomic E-state index is 0. The van der Waals surface area contributed by atoms with Gasteiger partial charge in [-0.05, 0) is 38.2 Å². The van der Waals surface area contributed by atoms with E-state index in [0.717, 1.165) is 51.9 Å². The molecule has 25 heavy (non-hydrogen) atoms. The SMILES string of the molecule is CC1CCN(C(=O)C2CCC(N)C2)CCN1Cc1ccccc1.Cl.Cl. The second-order valence-corrected chi connectivity index (χ2v) is 7.19. The number of rotatable bonds is 3. The van der Waals surface area contributed by atoms with Crippen LogP contribution in [-0.4, -0.2) is 47.4 Å². The Bertz CT molecular complexity index is 529. The fraction of sp³-hybridized carbons (Fsp3) is 0.632. The van der Waals surface area contributed by atoms with Crippen molar-refractivity contribution < 1.29 is 4.79 Å². The van der Waals surface area contributed by atoms with Crippen LogP contribution in [0.15, 0.2) is 30.3 Å². The van der Waals surface area contributed by atoms with Gasteiger partial charge in [0.15, 0.2) is 0 Å². The minimum Gasteiger partial charge on any atom is -0.341 e. The number of carbonyl (C=O) groups is 1. The van der Waals surface area contributed by atoms with E-state index in [1.807, 2.05) is 0 Å². The summed E-state index contributed by atoms with van der Waals surface area (Å²) in [7, 11) is 0. The van der Waals surface area contributed by atoms with Crippen LogP contribution >= 0.6 is 24.8 Å². The molecule has 0 bridgehead atoms. The molecule has 4 nitrogen and oxygen atoms in total. The number of nitrogens with zero attached hydrogens (tertiary/aromatic N) is 2. The van der Waals surface area contributed by atoms with Crippen molar-refractivity contribution >= 4 is 30.7 Å². The van der Waals surface area contributed by atoms with E-state index in [1.165, 1.54) is 5.56 Å². The molecule has 1 aliphatic carbocycles. The number of nitrogens with two attached hydrogens (primary N) is 1.